The Morgan fingerprint density at radius 3 is 2.64 bits per heavy atom. The molecular weight excluding hydrogens is 136 g/mol. The van der Waals surface area contributed by atoms with E-state index in [2.05, 4.69) is 13.0 Å². The standard InChI is InChI=1S/C10H16O/c1-8-4-5-9(6-8)10(2,3)7-11/h6-7,9H,4-5H2,1-3H3/t9-/m1/s1. The van der Waals surface area contributed by atoms with E-state index >= 15 is 0 Å². The van der Waals surface area contributed by atoms with Crippen LogP contribution in [0.5, 0.6) is 0 Å². The molecule has 1 aliphatic rings. The third-order valence-corrected chi connectivity index (χ3v) is 2.59. The van der Waals surface area contributed by atoms with Crippen LogP contribution in [0.3, 0.4) is 0 Å². The van der Waals surface area contributed by atoms with Gasteiger partial charge in [-0.05, 0) is 25.7 Å². The second-order valence-electron chi connectivity index (χ2n) is 4.10. The first-order valence-corrected chi connectivity index (χ1v) is 4.20. The van der Waals surface area contributed by atoms with Gasteiger partial charge in [-0.2, -0.15) is 0 Å². The van der Waals surface area contributed by atoms with Gasteiger partial charge in [0.1, 0.15) is 6.29 Å². The van der Waals surface area contributed by atoms with Gasteiger partial charge in [0.25, 0.3) is 0 Å². The van der Waals surface area contributed by atoms with Crippen molar-refractivity contribution in [3.05, 3.63) is 11.6 Å². The highest BCUT2D eigenvalue weighted by Crippen LogP contribution is 2.36. The summed E-state index contributed by atoms with van der Waals surface area (Å²) in [6.07, 6.45) is 5.64. The number of hydrogen-bond acceptors (Lipinski definition) is 1. The number of carbonyl (C=O) groups excluding carboxylic acids is 1. The molecule has 1 aliphatic carbocycles. The Kier molecular flexibility index (Phi) is 2.17. The van der Waals surface area contributed by atoms with Crippen LogP contribution in [0.25, 0.3) is 0 Å². The van der Waals surface area contributed by atoms with E-state index in [0.717, 1.165) is 12.7 Å². The zero-order valence-electron chi connectivity index (χ0n) is 7.55. The molecule has 1 rings (SSSR count). The van der Waals surface area contributed by atoms with E-state index in [1.807, 2.05) is 13.8 Å². The molecule has 0 heterocycles. The normalized spacial score (nSPS) is 25.0. The summed E-state index contributed by atoms with van der Waals surface area (Å²) < 4.78 is 0. The van der Waals surface area contributed by atoms with Gasteiger partial charge in [0, 0.05) is 5.41 Å². The van der Waals surface area contributed by atoms with Crippen molar-refractivity contribution < 1.29 is 4.79 Å². The molecule has 0 saturated heterocycles. The molecular formula is C10H16O. The van der Waals surface area contributed by atoms with Crippen molar-refractivity contribution in [3.8, 4) is 0 Å². The highest BCUT2D eigenvalue weighted by atomic mass is 16.1. The third-order valence-electron chi connectivity index (χ3n) is 2.59. The molecule has 11 heavy (non-hydrogen) atoms. The lowest BCUT2D eigenvalue weighted by molar-refractivity contribution is -0.116. The molecule has 0 saturated carbocycles. The molecule has 0 radical (unpaired) electrons. The second-order valence-corrected chi connectivity index (χ2v) is 4.10. The van der Waals surface area contributed by atoms with Crippen LogP contribution in [-0.2, 0) is 4.79 Å². The zero-order chi connectivity index (χ0) is 8.48. The van der Waals surface area contributed by atoms with Crippen LogP contribution >= 0.6 is 0 Å². The van der Waals surface area contributed by atoms with E-state index in [1.165, 1.54) is 12.0 Å². The fourth-order valence-electron chi connectivity index (χ4n) is 1.57. The summed E-state index contributed by atoms with van der Waals surface area (Å²) in [5.74, 6) is 0.472. The minimum atomic E-state index is -0.155. The van der Waals surface area contributed by atoms with E-state index in [1.54, 1.807) is 0 Å². The van der Waals surface area contributed by atoms with Gasteiger partial charge in [-0.1, -0.05) is 25.5 Å². The first-order chi connectivity index (χ1) is 5.06. The molecule has 1 atom stereocenters. The van der Waals surface area contributed by atoms with Gasteiger partial charge in [0.2, 0.25) is 0 Å². The number of hydrogen-bond donors (Lipinski definition) is 0. The number of rotatable bonds is 2. The highest BCUT2D eigenvalue weighted by Gasteiger charge is 2.29. The first kappa shape index (κ1) is 8.51. The summed E-state index contributed by atoms with van der Waals surface area (Å²) >= 11 is 0. The maximum absolute atomic E-state index is 10.7. The zero-order valence-corrected chi connectivity index (χ0v) is 7.55. The van der Waals surface area contributed by atoms with Crippen LogP contribution in [0.2, 0.25) is 0 Å². The van der Waals surface area contributed by atoms with Crippen molar-refractivity contribution in [3.63, 3.8) is 0 Å². The van der Waals surface area contributed by atoms with E-state index in [0.29, 0.717) is 5.92 Å². The molecule has 0 amide bonds. The predicted octanol–water partition coefficient (Wildman–Crippen LogP) is 2.57. The van der Waals surface area contributed by atoms with E-state index in [9.17, 15) is 4.79 Å². The van der Waals surface area contributed by atoms with Gasteiger partial charge >= 0.3 is 0 Å². The minimum absolute atomic E-state index is 0.155. The lowest BCUT2D eigenvalue weighted by atomic mass is 9.80. The summed E-state index contributed by atoms with van der Waals surface area (Å²) in [6, 6.07) is 0. The van der Waals surface area contributed by atoms with E-state index in [-0.39, 0.29) is 5.41 Å². The van der Waals surface area contributed by atoms with Crippen molar-refractivity contribution in [2.45, 2.75) is 33.6 Å². The van der Waals surface area contributed by atoms with Crippen LogP contribution < -0.4 is 0 Å². The topological polar surface area (TPSA) is 17.1 Å². The van der Waals surface area contributed by atoms with Crippen LogP contribution in [0.4, 0.5) is 0 Å². The molecule has 0 spiro atoms. The SMILES string of the molecule is CC1=C[C@H](C(C)(C)C=O)CC1. The maximum atomic E-state index is 10.7. The number of carbonyl (C=O) groups is 1. The fraction of sp³-hybridized carbons (Fsp3) is 0.700. The van der Waals surface area contributed by atoms with Gasteiger partial charge in [0.15, 0.2) is 0 Å². The summed E-state index contributed by atoms with van der Waals surface area (Å²) in [6.45, 7) is 6.17. The molecule has 0 aromatic rings. The highest BCUT2D eigenvalue weighted by molar-refractivity contribution is 5.59. The first-order valence-electron chi connectivity index (χ1n) is 4.20. The Morgan fingerprint density at radius 2 is 2.27 bits per heavy atom. The van der Waals surface area contributed by atoms with Crippen molar-refractivity contribution in [1.29, 1.82) is 0 Å². The van der Waals surface area contributed by atoms with Crippen LogP contribution in [0, 0.1) is 11.3 Å². The summed E-state index contributed by atoms with van der Waals surface area (Å²) in [5, 5.41) is 0. The fourth-order valence-corrected chi connectivity index (χ4v) is 1.57. The van der Waals surface area contributed by atoms with Crippen LogP contribution in [0.1, 0.15) is 33.6 Å². The van der Waals surface area contributed by atoms with Gasteiger partial charge in [0.05, 0.1) is 0 Å². The van der Waals surface area contributed by atoms with Crippen molar-refractivity contribution in [1.82, 2.24) is 0 Å². The molecule has 0 aromatic heterocycles. The molecule has 1 nitrogen and oxygen atoms in total. The Bertz CT molecular complexity index is 189. The summed E-state index contributed by atoms with van der Waals surface area (Å²) in [7, 11) is 0. The molecule has 0 aromatic carbocycles. The average molecular weight is 152 g/mol. The quantitative estimate of drug-likeness (QED) is 0.439. The maximum Gasteiger partial charge on any atom is 0.126 e. The van der Waals surface area contributed by atoms with Crippen molar-refractivity contribution in [2.75, 3.05) is 0 Å². The largest absolute Gasteiger partial charge is 0.303 e. The smallest absolute Gasteiger partial charge is 0.126 e. The third kappa shape index (κ3) is 1.70. The van der Waals surface area contributed by atoms with Gasteiger partial charge < -0.3 is 4.79 Å². The number of allylic oxidation sites excluding steroid dienone is 2. The van der Waals surface area contributed by atoms with Crippen LogP contribution in [0.15, 0.2) is 11.6 Å². The Balaban J connectivity index is 2.70. The lowest BCUT2D eigenvalue weighted by Gasteiger charge is -2.23. The van der Waals surface area contributed by atoms with Crippen LogP contribution in [-0.4, -0.2) is 6.29 Å². The minimum Gasteiger partial charge on any atom is -0.303 e. The Morgan fingerprint density at radius 1 is 1.64 bits per heavy atom. The van der Waals surface area contributed by atoms with Gasteiger partial charge in [-0.3, -0.25) is 0 Å². The lowest BCUT2D eigenvalue weighted by Crippen LogP contribution is -2.22. The monoisotopic (exact) mass is 152 g/mol. The Labute approximate surface area is 68.5 Å². The van der Waals surface area contributed by atoms with Gasteiger partial charge in [-0.15, -0.1) is 0 Å². The predicted molar refractivity (Wildman–Crippen MR) is 46.3 cm³/mol. The molecule has 0 bridgehead atoms. The van der Waals surface area contributed by atoms with E-state index in [4.69, 9.17) is 0 Å². The molecule has 62 valence electrons. The Hall–Kier alpha value is -0.590. The summed E-state index contributed by atoms with van der Waals surface area (Å²) in [5.41, 5.74) is 1.28. The molecule has 1 heteroatoms. The second kappa shape index (κ2) is 2.80. The van der Waals surface area contributed by atoms with Gasteiger partial charge in [-0.25, -0.2) is 0 Å². The molecule has 0 unspecified atom stereocenters. The van der Waals surface area contributed by atoms with E-state index < -0.39 is 0 Å². The average Bonchev–Trinajstić information content (AvgIpc) is 2.36. The summed E-state index contributed by atoms with van der Waals surface area (Å²) in [4.78, 5) is 10.7. The molecule has 0 N–H and O–H groups in total. The molecule has 0 fully saturated rings. The van der Waals surface area contributed by atoms with Crippen molar-refractivity contribution >= 4 is 6.29 Å². The molecule has 0 aliphatic heterocycles. The number of aldehydes is 1. The van der Waals surface area contributed by atoms with Crippen molar-refractivity contribution in [2.24, 2.45) is 11.3 Å².